The molecule has 2 heteroatoms. The second-order valence-electron chi connectivity index (χ2n) is 12.9. The SMILES string of the molecule is c1ccc2c(-c3ccc(N(c4ccc(-c5cccc6sc7ccccc7c56)cc4)c4ccc5ccc6ccccc6c5c4)cc3)cccc2c1. The zero-order chi connectivity index (χ0) is 33.0. The molecule has 1 nitrogen and oxygen atoms in total. The minimum Gasteiger partial charge on any atom is -0.310 e. The molecule has 0 spiro atoms. The van der Waals surface area contributed by atoms with Gasteiger partial charge in [0.25, 0.3) is 0 Å². The molecule has 50 heavy (non-hydrogen) atoms. The Labute approximate surface area is 294 Å². The van der Waals surface area contributed by atoms with Crippen molar-refractivity contribution in [2.45, 2.75) is 0 Å². The molecule has 9 aromatic carbocycles. The van der Waals surface area contributed by atoms with Gasteiger partial charge in [-0.25, -0.2) is 0 Å². The van der Waals surface area contributed by atoms with E-state index in [-0.39, 0.29) is 0 Å². The van der Waals surface area contributed by atoms with Crippen LogP contribution in [0.15, 0.2) is 188 Å². The number of fused-ring (bicyclic) bond motifs is 7. The summed E-state index contributed by atoms with van der Waals surface area (Å²) in [6.45, 7) is 0. The van der Waals surface area contributed by atoms with E-state index in [1.165, 1.54) is 74.7 Å². The molecule has 0 fully saturated rings. The second-order valence-corrected chi connectivity index (χ2v) is 14.0. The largest absolute Gasteiger partial charge is 0.310 e. The summed E-state index contributed by atoms with van der Waals surface area (Å²) >= 11 is 1.87. The highest BCUT2D eigenvalue weighted by Crippen LogP contribution is 2.42. The average molecular weight is 654 g/mol. The number of hydrogen-bond donors (Lipinski definition) is 0. The first-order valence-corrected chi connectivity index (χ1v) is 17.9. The van der Waals surface area contributed by atoms with Gasteiger partial charge < -0.3 is 4.90 Å². The summed E-state index contributed by atoms with van der Waals surface area (Å²) in [6, 6.07) is 68.7. The van der Waals surface area contributed by atoms with Gasteiger partial charge in [0.05, 0.1) is 0 Å². The van der Waals surface area contributed by atoms with Crippen LogP contribution in [0.4, 0.5) is 17.1 Å². The monoisotopic (exact) mass is 653 g/mol. The highest BCUT2D eigenvalue weighted by atomic mass is 32.1. The van der Waals surface area contributed by atoms with Crippen LogP contribution < -0.4 is 4.90 Å². The summed E-state index contributed by atoms with van der Waals surface area (Å²) in [7, 11) is 0. The molecule has 234 valence electrons. The van der Waals surface area contributed by atoms with Gasteiger partial charge in [-0.05, 0) is 103 Å². The fraction of sp³-hybridized carbons (Fsp3) is 0. The molecule has 0 unspecified atom stereocenters. The molecule has 0 aliphatic heterocycles. The van der Waals surface area contributed by atoms with Crippen LogP contribution in [-0.4, -0.2) is 0 Å². The molecule has 0 saturated heterocycles. The Kier molecular flexibility index (Phi) is 6.75. The van der Waals surface area contributed by atoms with Gasteiger partial charge >= 0.3 is 0 Å². The standard InChI is InChI=1S/C48H31NS/c1-3-12-40-32(9-1)11-7-15-41(40)34-21-26-37(27-22-34)49(39-30-25-36-20-19-33-10-2-4-13-42(33)45(36)31-39)38-28-23-35(24-29-38)43-16-8-18-47-48(43)44-14-5-6-17-46(44)50-47/h1-31H. The van der Waals surface area contributed by atoms with Crippen LogP contribution in [0.3, 0.4) is 0 Å². The number of benzene rings is 9. The maximum Gasteiger partial charge on any atom is 0.0468 e. The van der Waals surface area contributed by atoms with E-state index < -0.39 is 0 Å². The third-order valence-corrected chi connectivity index (χ3v) is 11.2. The zero-order valence-electron chi connectivity index (χ0n) is 27.3. The van der Waals surface area contributed by atoms with Gasteiger partial charge in [-0.15, -0.1) is 11.3 Å². The lowest BCUT2D eigenvalue weighted by atomic mass is 9.97. The van der Waals surface area contributed by atoms with E-state index in [1.54, 1.807) is 0 Å². The molecule has 10 aromatic rings. The molecule has 0 aliphatic rings. The predicted octanol–water partition coefficient (Wildman–Crippen LogP) is 14.3. The van der Waals surface area contributed by atoms with Gasteiger partial charge in [0, 0.05) is 37.2 Å². The van der Waals surface area contributed by atoms with Gasteiger partial charge in [0.2, 0.25) is 0 Å². The maximum atomic E-state index is 2.39. The molecular weight excluding hydrogens is 623 g/mol. The van der Waals surface area contributed by atoms with Crippen molar-refractivity contribution in [3.63, 3.8) is 0 Å². The first-order valence-electron chi connectivity index (χ1n) is 17.1. The highest BCUT2D eigenvalue weighted by molar-refractivity contribution is 7.25. The fourth-order valence-electron chi connectivity index (χ4n) is 7.65. The van der Waals surface area contributed by atoms with Gasteiger partial charge in [-0.1, -0.05) is 140 Å². The van der Waals surface area contributed by atoms with E-state index in [0.717, 1.165) is 17.1 Å². The Morgan fingerprint density at radius 2 is 0.820 bits per heavy atom. The van der Waals surface area contributed by atoms with Gasteiger partial charge in [-0.3, -0.25) is 0 Å². The lowest BCUT2D eigenvalue weighted by molar-refractivity contribution is 1.29. The van der Waals surface area contributed by atoms with Gasteiger partial charge in [-0.2, -0.15) is 0 Å². The Bertz CT molecular complexity index is 2860. The van der Waals surface area contributed by atoms with Crippen molar-refractivity contribution in [2.75, 3.05) is 4.90 Å². The minimum atomic E-state index is 1.12. The summed E-state index contributed by atoms with van der Waals surface area (Å²) in [4.78, 5) is 2.39. The van der Waals surface area contributed by atoms with E-state index in [0.29, 0.717) is 0 Å². The van der Waals surface area contributed by atoms with Crippen molar-refractivity contribution in [3.8, 4) is 22.3 Å². The van der Waals surface area contributed by atoms with Crippen molar-refractivity contribution in [3.05, 3.63) is 188 Å². The van der Waals surface area contributed by atoms with Crippen LogP contribution in [0.5, 0.6) is 0 Å². The summed E-state index contributed by atoms with van der Waals surface area (Å²) < 4.78 is 2.65. The molecule has 0 bridgehead atoms. The van der Waals surface area contributed by atoms with E-state index >= 15 is 0 Å². The molecule has 0 N–H and O–H groups in total. The van der Waals surface area contributed by atoms with E-state index in [9.17, 15) is 0 Å². The number of anilines is 3. The second kappa shape index (κ2) is 11.7. The summed E-state index contributed by atoms with van der Waals surface area (Å²) in [5, 5.41) is 10.2. The molecule has 0 radical (unpaired) electrons. The molecule has 0 saturated carbocycles. The molecule has 1 heterocycles. The number of thiophene rings is 1. The van der Waals surface area contributed by atoms with E-state index in [4.69, 9.17) is 0 Å². The van der Waals surface area contributed by atoms with Crippen LogP contribution in [0, 0.1) is 0 Å². The summed E-state index contributed by atoms with van der Waals surface area (Å²) in [5.74, 6) is 0. The summed E-state index contributed by atoms with van der Waals surface area (Å²) in [6.07, 6.45) is 0. The minimum absolute atomic E-state index is 1.12. The number of rotatable bonds is 5. The third kappa shape index (κ3) is 4.76. The van der Waals surface area contributed by atoms with Crippen molar-refractivity contribution in [1.82, 2.24) is 0 Å². The lowest BCUT2D eigenvalue weighted by Gasteiger charge is -2.26. The normalized spacial score (nSPS) is 11.6. The Morgan fingerprint density at radius 1 is 0.320 bits per heavy atom. The highest BCUT2D eigenvalue weighted by Gasteiger charge is 2.16. The Hall–Kier alpha value is -6.22. The molecule has 0 atom stereocenters. The maximum absolute atomic E-state index is 2.39. The number of hydrogen-bond acceptors (Lipinski definition) is 2. The van der Waals surface area contributed by atoms with Crippen LogP contribution >= 0.6 is 11.3 Å². The first kappa shape index (κ1) is 28.8. The van der Waals surface area contributed by atoms with Gasteiger partial charge in [0.15, 0.2) is 0 Å². The Morgan fingerprint density at radius 3 is 1.58 bits per heavy atom. The molecule has 1 aromatic heterocycles. The van der Waals surface area contributed by atoms with E-state index in [2.05, 4.69) is 193 Å². The smallest absolute Gasteiger partial charge is 0.0468 e. The van der Waals surface area contributed by atoms with Crippen LogP contribution in [0.1, 0.15) is 0 Å². The van der Waals surface area contributed by atoms with Crippen molar-refractivity contribution in [1.29, 1.82) is 0 Å². The quantitative estimate of drug-likeness (QED) is 0.167. The topological polar surface area (TPSA) is 3.24 Å². The van der Waals surface area contributed by atoms with Crippen molar-refractivity contribution >= 4 is 80.9 Å². The van der Waals surface area contributed by atoms with Crippen LogP contribution in [0.2, 0.25) is 0 Å². The Balaban J connectivity index is 1.12. The molecule has 0 amide bonds. The predicted molar refractivity (Wildman–Crippen MR) is 217 cm³/mol. The zero-order valence-corrected chi connectivity index (χ0v) is 28.1. The average Bonchev–Trinajstić information content (AvgIpc) is 3.57. The van der Waals surface area contributed by atoms with Crippen LogP contribution in [0.25, 0.3) is 74.7 Å². The molecule has 10 rings (SSSR count). The number of nitrogens with zero attached hydrogens (tertiary/aromatic N) is 1. The third-order valence-electron chi connectivity index (χ3n) is 10.1. The van der Waals surface area contributed by atoms with E-state index in [1.807, 2.05) is 11.3 Å². The molecular formula is C48H31NS. The fourth-order valence-corrected chi connectivity index (χ4v) is 8.78. The lowest BCUT2D eigenvalue weighted by Crippen LogP contribution is -2.10. The first-order chi connectivity index (χ1) is 24.8. The van der Waals surface area contributed by atoms with Crippen molar-refractivity contribution in [2.24, 2.45) is 0 Å². The summed E-state index contributed by atoms with van der Waals surface area (Å²) in [5.41, 5.74) is 8.32. The molecule has 0 aliphatic carbocycles. The van der Waals surface area contributed by atoms with Crippen molar-refractivity contribution < 1.29 is 0 Å². The van der Waals surface area contributed by atoms with Crippen LogP contribution in [-0.2, 0) is 0 Å². The van der Waals surface area contributed by atoms with Gasteiger partial charge in [0.1, 0.15) is 0 Å².